The Morgan fingerprint density at radius 1 is 1.06 bits per heavy atom. The molecule has 1 aromatic heterocycles. The van der Waals surface area contributed by atoms with Crippen molar-refractivity contribution in [1.29, 1.82) is 0 Å². The SMILES string of the molecule is Cc1ccc(-c2[nH]c(=O)[nH]c2C(C)C)cc1. The zero-order chi connectivity index (χ0) is 11.7. The molecule has 1 heterocycles. The lowest BCUT2D eigenvalue weighted by molar-refractivity contribution is 0.831. The first-order chi connectivity index (χ1) is 7.58. The molecular weight excluding hydrogens is 200 g/mol. The minimum atomic E-state index is -0.140. The fourth-order valence-corrected chi connectivity index (χ4v) is 1.78. The van der Waals surface area contributed by atoms with Crippen LogP contribution in [0.5, 0.6) is 0 Å². The van der Waals surface area contributed by atoms with Crippen LogP contribution in [0.1, 0.15) is 31.0 Å². The van der Waals surface area contributed by atoms with Gasteiger partial charge in [-0.25, -0.2) is 4.79 Å². The molecule has 0 aliphatic carbocycles. The van der Waals surface area contributed by atoms with Gasteiger partial charge in [0.05, 0.1) is 5.69 Å². The van der Waals surface area contributed by atoms with Gasteiger partial charge >= 0.3 is 5.69 Å². The van der Waals surface area contributed by atoms with Gasteiger partial charge in [0.25, 0.3) is 0 Å². The predicted octanol–water partition coefficient (Wildman–Crippen LogP) is 2.80. The van der Waals surface area contributed by atoms with Crippen LogP contribution in [0.4, 0.5) is 0 Å². The van der Waals surface area contributed by atoms with E-state index in [1.807, 2.05) is 31.2 Å². The molecule has 2 aromatic rings. The average Bonchev–Trinajstić information content (AvgIpc) is 2.61. The number of rotatable bonds is 2. The molecule has 84 valence electrons. The summed E-state index contributed by atoms with van der Waals surface area (Å²) < 4.78 is 0. The van der Waals surface area contributed by atoms with Gasteiger partial charge in [0.1, 0.15) is 0 Å². The zero-order valence-corrected chi connectivity index (χ0v) is 9.79. The van der Waals surface area contributed by atoms with Crippen molar-refractivity contribution in [3.05, 3.63) is 46.0 Å². The number of imidazole rings is 1. The fraction of sp³-hybridized carbons (Fsp3) is 0.308. The van der Waals surface area contributed by atoms with Crippen molar-refractivity contribution in [2.75, 3.05) is 0 Å². The van der Waals surface area contributed by atoms with Crippen LogP contribution in [0, 0.1) is 6.92 Å². The molecule has 0 spiro atoms. The summed E-state index contributed by atoms with van der Waals surface area (Å²) in [5.41, 5.74) is 3.99. The Bertz CT molecular complexity index is 532. The second-order valence-corrected chi connectivity index (χ2v) is 4.39. The zero-order valence-electron chi connectivity index (χ0n) is 9.79. The molecule has 0 aliphatic rings. The van der Waals surface area contributed by atoms with E-state index in [0.717, 1.165) is 17.0 Å². The lowest BCUT2D eigenvalue weighted by Gasteiger charge is -2.06. The Labute approximate surface area is 94.5 Å². The minimum Gasteiger partial charge on any atom is -0.309 e. The van der Waals surface area contributed by atoms with Gasteiger partial charge in [0.2, 0.25) is 0 Å². The maximum absolute atomic E-state index is 11.3. The molecule has 0 saturated heterocycles. The number of hydrogen-bond acceptors (Lipinski definition) is 1. The number of benzene rings is 1. The molecule has 0 atom stereocenters. The number of aryl methyl sites for hydroxylation is 1. The van der Waals surface area contributed by atoms with Gasteiger partial charge in [-0.1, -0.05) is 43.7 Å². The summed E-state index contributed by atoms with van der Waals surface area (Å²) in [6, 6.07) is 8.15. The van der Waals surface area contributed by atoms with E-state index >= 15 is 0 Å². The Morgan fingerprint density at radius 2 is 1.69 bits per heavy atom. The van der Waals surface area contributed by atoms with Gasteiger partial charge in [-0.2, -0.15) is 0 Å². The molecule has 0 radical (unpaired) electrons. The van der Waals surface area contributed by atoms with Gasteiger partial charge in [-0.3, -0.25) is 0 Å². The topological polar surface area (TPSA) is 48.6 Å². The highest BCUT2D eigenvalue weighted by Gasteiger charge is 2.11. The highest BCUT2D eigenvalue weighted by Crippen LogP contribution is 2.24. The lowest BCUT2D eigenvalue weighted by atomic mass is 10.0. The van der Waals surface area contributed by atoms with Crippen molar-refractivity contribution in [1.82, 2.24) is 9.97 Å². The largest absolute Gasteiger partial charge is 0.323 e. The molecule has 2 N–H and O–H groups in total. The lowest BCUT2D eigenvalue weighted by Crippen LogP contribution is -2.01. The molecule has 0 bridgehead atoms. The molecule has 0 fully saturated rings. The first-order valence-electron chi connectivity index (χ1n) is 5.47. The molecule has 0 saturated carbocycles. The second kappa shape index (κ2) is 4.00. The van der Waals surface area contributed by atoms with E-state index in [1.54, 1.807) is 0 Å². The summed E-state index contributed by atoms with van der Waals surface area (Å²) in [4.78, 5) is 17.0. The van der Waals surface area contributed by atoms with Crippen molar-refractivity contribution >= 4 is 0 Å². The number of hydrogen-bond donors (Lipinski definition) is 2. The summed E-state index contributed by atoms with van der Waals surface area (Å²) in [5, 5.41) is 0. The molecule has 16 heavy (non-hydrogen) atoms. The molecule has 0 amide bonds. The van der Waals surface area contributed by atoms with E-state index < -0.39 is 0 Å². The van der Waals surface area contributed by atoms with Gasteiger partial charge in [-0.05, 0) is 18.4 Å². The van der Waals surface area contributed by atoms with Crippen LogP contribution >= 0.6 is 0 Å². The van der Waals surface area contributed by atoms with Gasteiger partial charge in [-0.15, -0.1) is 0 Å². The molecule has 0 aliphatic heterocycles. The van der Waals surface area contributed by atoms with Crippen LogP contribution in [0.3, 0.4) is 0 Å². The van der Waals surface area contributed by atoms with Crippen LogP contribution in [0.2, 0.25) is 0 Å². The highest BCUT2D eigenvalue weighted by atomic mass is 16.1. The van der Waals surface area contributed by atoms with Gasteiger partial charge < -0.3 is 9.97 Å². The quantitative estimate of drug-likeness (QED) is 0.796. The number of aromatic amines is 2. The van der Waals surface area contributed by atoms with E-state index in [9.17, 15) is 4.79 Å². The Hall–Kier alpha value is -1.77. The van der Waals surface area contributed by atoms with Crippen molar-refractivity contribution in [2.45, 2.75) is 26.7 Å². The number of H-pyrrole nitrogens is 2. The van der Waals surface area contributed by atoms with E-state index in [2.05, 4.69) is 23.8 Å². The first-order valence-corrected chi connectivity index (χ1v) is 5.47. The summed E-state index contributed by atoms with van der Waals surface area (Å²) in [6.45, 7) is 6.18. The maximum atomic E-state index is 11.3. The molecule has 2 rings (SSSR count). The minimum absolute atomic E-state index is 0.140. The molecule has 3 nitrogen and oxygen atoms in total. The Morgan fingerprint density at radius 3 is 2.25 bits per heavy atom. The van der Waals surface area contributed by atoms with Crippen LogP contribution < -0.4 is 5.69 Å². The van der Waals surface area contributed by atoms with E-state index in [-0.39, 0.29) is 5.69 Å². The van der Waals surface area contributed by atoms with E-state index in [1.165, 1.54) is 5.56 Å². The second-order valence-electron chi connectivity index (χ2n) is 4.39. The number of aromatic nitrogens is 2. The third-order valence-corrected chi connectivity index (χ3v) is 2.67. The normalized spacial score (nSPS) is 11.0. The monoisotopic (exact) mass is 216 g/mol. The van der Waals surface area contributed by atoms with Gasteiger partial charge in [0.15, 0.2) is 0 Å². The summed E-state index contributed by atoms with van der Waals surface area (Å²) in [5.74, 6) is 0.301. The van der Waals surface area contributed by atoms with Crippen molar-refractivity contribution in [3.8, 4) is 11.3 Å². The highest BCUT2D eigenvalue weighted by molar-refractivity contribution is 5.62. The number of nitrogens with one attached hydrogen (secondary N) is 2. The standard InChI is InChI=1S/C13H16N2O/c1-8(2)11-12(15-13(16)14-11)10-6-4-9(3)5-7-10/h4-8H,1-3H3,(H2,14,15,16). The molecular formula is C13H16N2O. The van der Waals surface area contributed by atoms with Crippen LogP contribution in [0.25, 0.3) is 11.3 Å². The van der Waals surface area contributed by atoms with Crippen molar-refractivity contribution < 1.29 is 0 Å². The summed E-state index contributed by atoms with van der Waals surface area (Å²) >= 11 is 0. The summed E-state index contributed by atoms with van der Waals surface area (Å²) in [6.07, 6.45) is 0. The van der Waals surface area contributed by atoms with Crippen LogP contribution in [0.15, 0.2) is 29.1 Å². The third kappa shape index (κ3) is 1.94. The third-order valence-electron chi connectivity index (χ3n) is 2.67. The fourth-order valence-electron chi connectivity index (χ4n) is 1.78. The Kier molecular flexibility index (Phi) is 2.69. The Balaban J connectivity index is 2.55. The van der Waals surface area contributed by atoms with Crippen molar-refractivity contribution in [2.24, 2.45) is 0 Å². The van der Waals surface area contributed by atoms with Gasteiger partial charge in [0, 0.05) is 5.69 Å². The molecule has 3 heteroatoms. The van der Waals surface area contributed by atoms with Crippen LogP contribution in [-0.2, 0) is 0 Å². The smallest absolute Gasteiger partial charge is 0.309 e. The molecule has 1 aromatic carbocycles. The molecule has 0 unspecified atom stereocenters. The first kappa shape index (κ1) is 10.7. The van der Waals surface area contributed by atoms with Crippen LogP contribution in [-0.4, -0.2) is 9.97 Å². The van der Waals surface area contributed by atoms with E-state index in [4.69, 9.17) is 0 Å². The van der Waals surface area contributed by atoms with Crippen molar-refractivity contribution in [3.63, 3.8) is 0 Å². The summed E-state index contributed by atoms with van der Waals surface area (Å²) in [7, 11) is 0. The predicted molar refractivity (Wildman–Crippen MR) is 65.7 cm³/mol. The van der Waals surface area contributed by atoms with E-state index in [0.29, 0.717) is 5.92 Å². The maximum Gasteiger partial charge on any atom is 0.323 e. The average molecular weight is 216 g/mol.